The Labute approximate surface area is 137 Å². The summed E-state index contributed by atoms with van der Waals surface area (Å²) < 4.78 is 9.76. The molecule has 0 unspecified atom stereocenters. The van der Waals surface area contributed by atoms with Gasteiger partial charge in [-0.05, 0) is 24.7 Å². The number of carbonyl (C=O) groups is 2. The van der Waals surface area contributed by atoms with Crippen LogP contribution in [-0.2, 0) is 19.1 Å². The molecule has 0 aromatic carbocycles. The Morgan fingerprint density at radius 3 is 1.68 bits per heavy atom. The minimum atomic E-state index is -0.517. The lowest BCUT2D eigenvalue weighted by molar-refractivity contribution is -0.138. The second kappa shape index (κ2) is 12.6. The van der Waals surface area contributed by atoms with Crippen molar-refractivity contribution in [2.24, 2.45) is 0 Å². The summed E-state index contributed by atoms with van der Waals surface area (Å²) in [5.74, 6) is -1.03. The fourth-order valence-corrected chi connectivity index (χ4v) is 2.52. The van der Waals surface area contributed by atoms with Crippen molar-refractivity contribution in [2.45, 2.75) is 13.8 Å². The van der Waals surface area contributed by atoms with Crippen molar-refractivity contribution in [1.29, 1.82) is 10.5 Å². The van der Waals surface area contributed by atoms with Gasteiger partial charge in [-0.25, -0.2) is 9.59 Å². The van der Waals surface area contributed by atoms with E-state index < -0.39 is 11.9 Å². The quantitative estimate of drug-likeness (QED) is 0.378. The average molecular weight is 338 g/mol. The molecule has 8 heteroatoms. The van der Waals surface area contributed by atoms with Crippen LogP contribution in [0.5, 0.6) is 0 Å². The SMILES string of the molecule is CCOC(=O)/C=C/SC(S/C=C/C(=O)OCC)=C(C#N)C#N. The number of ether oxygens (including phenoxy) is 2. The maximum absolute atomic E-state index is 11.2. The number of rotatable bonds is 8. The zero-order valence-corrected chi connectivity index (χ0v) is 13.7. The van der Waals surface area contributed by atoms with Crippen LogP contribution in [0.1, 0.15) is 13.8 Å². The molecular weight excluding hydrogens is 324 g/mol. The third kappa shape index (κ3) is 8.90. The number of allylic oxidation sites excluding steroid dienone is 1. The zero-order chi connectivity index (χ0) is 16.8. The Morgan fingerprint density at radius 1 is 0.955 bits per heavy atom. The highest BCUT2D eigenvalue weighted by molar-refractivity contribution is 8.24. The molecular formula is C14H14N2O4S2. The van der Waals surface area contributed by atoms with Crippen molar-refractivity contribution >= 4 is 35.5 Å². The van der Waals surface area contributed by atoms with Gasteiger partial charge in [-0.3, -0.25) is 0 Å². The van der Waals surface area contributed by atoms with E-state index in [0.717, 1.165) is 23.5 Å². The number of nitriles is 2. The van der Waals surface area contributed by atoms with E-state index in [1.165, 1.54) is 23.0 Å². The van der Waals surface area contributed by atoms with E-state index in [1.54, 1.807) is 26.0 Å². The highest BCUT2D eigenvalue weighted by Crippen LogP contribution is 2.33. The Bertz CT molecular complexity index is 520. The standard InChI is InChI=1S/C14H14N2O4S2/c1-3-19-12(17)5-7-21-14(11(9-15)10-16)22-8-6-13(18)20-4-2/h5-8H,3-4H2,1-2H3/b7-5+,8-6+. The van der Waals surface area contributed by atoms with Gasteiger partial charge in [0.1, 0.15) is 17.7 Å². The monoisotopic (exact) mass is 338 g/mol. The van der Waals surface area contributed by atoms with E-state index in [9.17, 15) is 9.59 Å². The van der Waals surface area contributed by atoms with E-state index in [-0.39, 0.29) is 18.8 Å². The minimum Gasteiger partial charge on any atom is -0.463 e. The molecule has 22 heavy (non-hydrogen) atoms. The van der Waals surface area contributed by atoms with Crippen LogP contribution < -0.4 is 0 Å². The van der Waals surface area contributed by atoms with Crippen molar-refractivity contribution < 1.29 is 19.1 Å². The van der Waals surface area contributed by atoms with E-state index in [0.29, 0.717) is 4.24 Å². The molecule has 6 nitrogen and oxygen atoms in total. The molecule has 116 valence electrons. The molecule has 0 fully saturated rings. The second-order valence-corrected chi connectivity index (χ2v) is 5.32. The minimum absolute atomic E-state index is 0.114. The van der Waals surface area contributed by atoms with Gasteiger partial charge in [0, 0.05) is 12.2 Å². The van der Waals surface area contributed by atoms with Crippen LogP contribution in [0.2, 0.25) is 0 Å². The molecule has 0 aromatic heterocycles. The first-order chi connectivity index (χ1) is 10.6. The molecule has 0 aliphatic rings. The van der Waals surface area contributed by atoms with Crippen LogP contribution in [0, 0.1) is 22.7 Å². The Morgan fingerprint density at radius 2 is 1.36 bits per heavy atom. The van der Waals surface area contributed by atoms with Crippen LogP contribution in [0.3, 0.4) is 0 Å². The molecule has 0 spiro atoms. The highest BCUT2D eigenvalue weighted by atomic mass is 32.2. The molecule has 0 rings (SSSR count). The predicted molar refractivity (Wildman–Crippen MR) is 85.0 cm³/mol. The molecule has 0 aliphatic carbocycles. The number of nitrogens with zero attached hydrogens (tertiary/aromatic N) is 2. The fourth-order valence-electron chi connectivity index (χ4n) is 0.945. The normalized spacial score (nSPS) is 10.0. The van der Waals surface area contributed by atoms with Crippen LogP contribution in [0.15, 0.2) is 32.8 Å². The summed E-state index contributed by atoms with van der Waals surface area (Å²) in [5, 5.41) is 20.6. The first kappa shape index (κ1) is 19.8. The van der Waals surface area contributed by atoms with Gasteiger partial charge in [-0.15, -0.1) is 0 Å². The van der Waals surface area contributed by atoms with Gasteiger partial charge >= 0.3 is 11.9 Å². The van der Waals surface area contributed by atoms with Crippen LogP contribution in [-0.4, -0.2) is 25.2 Å². The lowest BCUT2D eigenvalue weighted by Gasteiger charge is -2.00. The lowest BCUT2D eigenvalue weighted by atomic mass is 10.4. The Balaban J connectivity index is 4.86. The number of hydrogen-bond donors (Lipinski definition) is 0. The van der Waals surface area contributed by atoms with Crippen molar-refractivity contribution in [3.8, 4) is 12.1 Å². The third-order valence-corrected chi connectivity index (χ3v) is 3.72. The molecule has 0 aliphatic heterocycles. The molecule has 0 aromatic rings. The maximum atomic E-state index is 11.2. The van der Waals surface area contributed by atoms with Gasteiger partial charge < -0.3 is 9.47 Å². The highest BCUT2D eigenvalue weighted by Gasteiger charge is 2.06. The van der Waals surface area contributed by atoms with E-state index in [1.807, 2.05) is 0 Å². The van der Waals surface area contributed by atoms with Gasteiger partial charge in [-0.1, -0.05) is 23.5 Å². The first-order valence-corrected chi connectivity index (χ1v) is 7.89. The van der Waals surface area contributed by atoms with Crippen molar-refractivity contribution in [1.82, 2.24) is 0 Å². The van der Waals surface area contributed by atoms with Gasteiger partial charge in [0.2, 0.25) is 0 Å². The number of esters is 2. The number of thioether (sulfide) groups is 2. The first-order valence-electron chi connectivity index (χ1n) is 6.13. The van der Waals surface area contributed by atoms with Crippen LogP contribution in [0.4, 0.5) is 0 Å². The molecule has 0 N–H and O–H groups in total. The van der Waals surface area contributed by atoms with Crippen LogP contribution in [0.25, 0.3) is 0 Å². The fraction of sp³-hybridized carbons (Fsp3) is 0.286. The van der Waals surface area contributed by atoms with E-state index in [2.05, 4.69) is 0 Å². The van der Waals surface area contributed by atoms with Gasteiger partial charge in [0.15, 0.2) is 0 Å². The Hall–Kier alpha value is -2.16. The van der Waals surface area contributed by atoms with E-state index in [4.69, 9.17) is 20.0 Å². The number of hydrogen-bond acceptors (Lipinski definition) is 8. The van der Waals surface area contributed by atoms with Gasteiger partial charge in [-0.2, -0.15) is 10.5 Å². The summed E-state index contributed by atoms with van der Waals surface area (Å²) in [6.45, 7) is 3.89. The molecule has 0 atom stereocenters. The topological polar surface area (TPSA) is 100 Å². The molecule has 0 amide bonds. The summed E-state index contributed by atoms with van der Waals surface area (Å²) in [6, 6.07) is 3.51. The lowest BCUT2D eigenvalue weighted by Crippen LogP contribution is -1.98. The summed E-state index contributed by atoms with van der Waals surface area (Å²) in [5.41, 5.74) is -0.114. The van der Waals surface area contributed by atoms with Crippen LogP contribution >= 0.6 is 23.5 Å². The third-order valence-electron chi connectivity index (χ3n) is 1.76. The molecule has 0 saturated carbocycles. The molecule has 0 radical (unpaired) electrons. The van der Waals surface area contributed by atoms with E-state index >= 15 is 0 Å². The zero-order valence-electron chi connectivity index (χ0n) is 12.1. The van der Waals surface area contributed by atoms with Crippen molar-refractivity contribution in [2.75, 3.05) is 13.2 Å². The number of carbonyl (C=O) groups excluding carboxylic acids is 2. The maximum Gasteiger partial charge on any atom is 0.331 e. The largest absolute Gasteiger partial charge is 0.463 e. The summed E-state index contributed by atoms with van der Waals surface area (Å²) in [6.07, 6.45) is 2.38. The Kier molecular flexibility index (Phi) is 11.3. The smallest absolute Gasteiger partial charge is 0.331 e. The predicted octanol–water partition coefficient (Wildman–Crippen LogP) is 2.87. The molecule has 0 heterocycles. The summed E-state index contributed by atoms with van der Waals surface area (Å²) in [4.78, 5) is 22.3. The molecule has 0 saturated heterocycles. The summed E-state index contributed by atoms with van der Waals surface area (Å²) in [7, 11) is 0. The second-order valence-electron chi connectivity index (χ2n) is 3.23. The van der Waals surface area contributed by atoms with Crippen molar-refractivity contribution in [3.05, 3.63) is 32.8 Å². The summed E-state index contributed by atoms with van der Waals surface area (Å²) >= 11 is 2.02. The van der Waals surface area contributed by atoms with Crippen molar-refractivity contribution in [3.63, 3.8) is 0 Å². The molecule has 0 bridgehead atoms. The average Bonchev–Trinajstić information content (AvgIpc) is 2.48. The van der Waals surface area contributed by atoms with Gasteiger partial charge in [0.25, 0.3) is 0 Å². The van der Waals surface area contributed by atoms with Gasteiger partial charge in [0.05, 0.1) is 17.5 Å².